The SMILES string of the molecule is Cc1ccc(C)c(S(=O)(=O)N2CCN(C(=O)C3CC(O)CN3)CC2)c1.Cl. The van der Waals surface area contributed by atoms with E-state index in [1.54, 1.807) is 17.9 Å². The van der Waals surface area contributed by atoms with Gasteiger partial charge in [-0.1, -0.05) is 12.1 Å². The number of aryl methyl sites for hydroxylation is 2. The van der Waals surface area contributed by atoms with Crippen molar-refractivity contribution in [2.75, 3.05) is 32.7 Å². The van der Waals surface area contributed by atoms with E-state index in [1.807, 2.05) is 19.1 Å². The van der Waals surface area contributed by atoms with E-state index >= 15 is 0 Å². The molecule has 2 unspecified atom stereocenters. The van der Waals surface area contributed by atoms with Crippen molar-refractivity contribution >= 4 is 28.3 Å². The Bertz CT molecular complexity index is 763. The Kier molecular flexibility index (Phi) is 6.68. The summed E-state index contributed by atoms with van der Waals surface area (Å²) < 4.78 is 27.3. The summed E-state index contributed by atoms with van der Waals surface area (Å²) in [5.74, 6) is -0.0552. The summed E-state index contributed by atoms with van der Waals surface area (Å²) in [5, 5.41) is 12.6. The van der Waals surface area contributed by atoms with Gasteiger partial charge in [-0.25, -0.2) is 8.42 Å². The van der Waals surface area contributed by atoms with Gasteiger partial charge >= 0.3 is 0 Å². The quantitative estimate of drug-likeness (QED) is 0.756. The lowest BCUT2D eigenvalue weighted by Crippen LogP contribution is -2.54. The molecule has 9 heteroatoms. The van der Waals surface area contributed by atoms with Crippen LogP contribution < -0.4 is 5.32 Å². The number of aliphatic hydroxyl groups excluding tert-OH is 1. The highest BCUT2D eigenvalue weighted by atomic mass is 35.5. The van der Waals surface area contributed by atoms with Gasteiger partial charge in [0.1, 0.15) is 0 Å². The van der Waals surface area contributed by atoms with Gasteiger partial charge in [0, 0.05) is 32.7 Å². The summed E-state index contributed by atoms with van der Waals surface area (Å²) >= 11 is 0. The number of β-amino-alcohol motifs (C(OH)–C–C–N with tert-alkyl or cyclic N) is 1. The van der Waals surface area contributed by atoms with Crippen molar-refractivity contribution in [3.63, 3.8) is 0 Å². The fourth-order valence-electron chi connectivity index (χ4n) is 3.40. The van der Waals surface area contributed by atoms with Gasteiger partial charge in [0.15, 0.2) is 0 Å². The van der Waals surface area contributed by atoms with Crippen LogP contribution in [0.15, 0.2) is 23.1 Å². The fraction of sp³-hybridized carbons (Fsp3) is 0.588. The van der Waals surface area contributed by atoms with Crippen LogP contribution in [-0.4, -0.2) is 73.5 Å². The van der Waals surface area contributed by atoms with Gasteiger partial charge in [-0.2, -0.15) is 4.31 Å². The Morgan fingerprint density at radius 1 is 1.19 bits per heavy atom. The Morgan fingerprint density at radius 2 is 1.85 bits per heavy atom. The van der Waals surface area contributed by atoms with Crippen LogP contribution in [-0.2, 0) is 14.8 Å². The number of aliphatic hydroxyl groups is 1. The van der Waals surface area contributed by atoms with Crippen LogP contribution in [0.5, 0.6) is 0 Å². The molecule has 3 rings (SSSR count). The molecular weight excluding hydrogens is 378 g/mol. The van der Waals surface area contributed by atoms with Crippen molar-refractivity contribution in [3.05, 3.63) is 29.3 Å². The monoisotopic (exact) mass is 403 g/mol. The van der Waals surface area contributed by atoms with Gasteiger partial charge in [-0.3, -0.25) is 4.79 Å². The molecule has 1 aromatic rings. The first-order chi connectivity index (χ1) is 11.8. The molecular formula is C17H26ClN3O4S. The zero-order valence-electron chi connectivity index (χ0n) is 15.0. The van der Waals surface area contributed by atoms with Gasteiger partial charge in [-0.15, -0.1) is 12.4 Å². The number of hydrogen-bond donors (Lipinski definition) is 2. The first kappa shape index (κ1) is 21.1. The maximum absolute atomic E-state index is 12.9. The largest absolute Gasteiger partial charge is 0.392 e. The molecule has 0 bridgehead atoms. The fourth-order valence-corrected chi connectivity index (χ4v) is 5.13. The molecule has 0 radical (unpaired) electrons. The number of benzene rings is 1. The van der Waals surface area contributed by atoms with E-state index < -0.39 is 16.1 Å². The summed E-state index contributed by atoms with van der Waals surface area (Å²) in [6.45, 7) is 5.42. The second-order valence-electron chi connectivity index (χ2n) is 6.85. The first-order valence-electron chi connectivity index (χ1n) is 8.56. The number of amides is 1. The highest BCUT2D eigenvalue weighted by molar-refractivity contribution is 7.89. The van der Waals surface area contributed by atoms with E-state index in [0.717, 1.165) is 11.1 Å². The lowest BCUT2D eigenvalue weighted by Gasteiger charge is -2.35. The maximum Gasteiger partial charge on any atom is 0.243 e. The number of rotatable bonds is 3. The molecule has 0 aromatic heterocycles. The number of nitrogens with one attached hydrogen (secondary N) is 1. The van der Waals surface area contributed by atoms with Crippen LogP contribution in [0.1, 0.15) is 17.5 Å². The van der Waals surface area contributed by atoms with E-state index in [2.05, 4.69) is 5.32 Å². The molecule has 2 aliphatic rings. The number of hydrogen-bond acceptors (Lipinski definition) is 5. The molecule has 1 aromatic carbocycles. The molecule has 2 atom stereocenters. The highest BCUT2D eigenvalue weighted by Crippen LogP contribution is 2.23. The van der Waals surface area contributed by atoms with Gasteiger partial charge in [0.25, 0.3) is 0 Å². The molecule has 146 valence electrons. The molecule has 0 aliphatic carbocycles. The van der Waals surface area contributed by atoms with Crippen molar-refractivity contribution in [1.82, 2.24) is 14.5 Å². The number of carbonyl (C=O) groups is 1. The van der Waals surface area contributed by atoms with E-state index in [9.17, 15) is 18.3 Å². The maximum atomic E-state index is 12.9. The summed E-state index contributed by atoms with van der Waals surface area (Å²) in [4.78, 5) is 14.5. The average molecular weight is 404 g/mol. The normalized spacial score (nSPS) is 24.3. The van der Waals surface area contributed by atoms with Gasteiger partial charge in [-0.05, 0) is 37.5 Å². The van der Waals surface area contributed by atoms with Crippen LogP contribution >= 0.6 is 12.4 Å². The van der Waals surface area contributed by atoms with Crippen molar-refractivity contribution in [2.45, 2.75) is 37.3 Å². The summed E-state index contributed by atoms with van der Waals surface area (Å²) in [5.41, 5.74) is 1.64. The molecule has 0 saturated carbocycles. The number of sulfonamides is 1. The van der Waals surface area contributed by atoms with Crippen LogP contribution in [0.3, 0.4) is 0 Å². The Morgan fingerprint density at radius 3 is 2.42 bits per heavy atom. The minimum atomic E-state index is -3.55. The van der Waals surface area contributed by atoms with E-state index in [1.165, 1.54) is 4.31 Å². The number of nitrogens with zero attached hydrogens (tertiary/aromatic N) is 2. The molecule has 0 spiro atoms. The third kappa shape index (κ3) is 4.20. The molecule has 2 N–H and O–H groups in total. The van der Waals surface area contributed by atoms with Gasteiger partial charge < -0.3 is 15.3 Å². The molecule has 2 heterocycles. The Labute approximate surface area is 160 Å². The van der Waals surface area contributed by atoms with Crippen molar-refractivity contribution in [2.24, 2.45) is 0 Å². The summed E-state index contributed by atoms with van der Waals surface area (Å²) in [6.07, 6.45) is -0.0697. The van der Waals surface area contributed by atoms with Crippen LogP contribution in [0.4, 0.5) is 0 Å². The van der Waals surface area contributed by atoms with Crippen molar-refractivity contribution in [3.8, 4) is 0 Å². The van der Waals surface area contributed by atoms with Crippen molar-refractivity contribution < 1.29 is 18.3 Å². The molecule has 2 aliphatic heterocycles. The minimum absolute atomic E-state index is 0. The Balaban J connectivity index is 0.00000243. The zero-order valence-corrected chi connectivity index (χ0v) is 16.6. The van der Waals surface area contributed by atoms with Crippen LogP contribution in [0.2, 0.25) is 0 Å². The molecule has 2 saturated heterocycles. The molecule has 7 nitrogen and oxygen atoms in total. The first-order valence-corrected chi connectivity index (χ1v) is 10.0. The highest BCUT2D eigenvalue weighted by Gasteiger charge is 2.35. The third-order valence-electron chi connectivity index (χ3n) is 4.92. The lowest BCUT2D eigenvalue weighted by atomic mass is 10.1. The number of carbonyl (C=O) groups excluding carboxylic acids is 1. The smallest absolute Gasteiger partial charge is 0.243 e. The predicted octanol–water partition coefficient (Wildman–Crippen LogP) is 0.281. The summed E-state index contributed by atoms with van der Waals surface area (Å²) in [6, 6.07) is 5.05. The van der Waals surface area contributed by atoms with E-state index in [-0.39, 0.29) is 37.4 Å². The average Bonchev–Trinajstić information content (AvgIpc) is 3.03. The van der Waals surface area contributed by atoms with E-state index in [4.69, 9.17) is 0 Å². The standard InChI is InChI=1S/C17H25N3O4S.ClH/c1-12-3-4-13(2)16(9-12)25(23,24)20-7-5-19(6-8-20)17(22)15-10-14(21)11-18-15;/h3-4,9,14-15,18,21H,5-8,10-11H2,1-2H3;1H. The van der Waals surface area contributed by atoms with Gasteiger partial charge in [0.2, 0.25) is 15.9 Å². The number of piperazine rings is 1. The second kappa shape index (κ2) is 8.22. The third-order valence-corrected chi connectivity index (χ3v) is 6.96. The predicted molar refractivity (Wildman–Crippen MR) is 101 cm³/mol. The topological polar surface area (TPSA) is 90.0 Å². The lowest BCUT2D eigenvalue weighted by molar-refractivity contribution is -0.134. The Hall–Kier alpha value is -1.19. The van der Waals surface area contributed by atoms with E-state index in [0.29, 0.717) is 31.0 Å². The van der Waals surface area contributed by atoms with Crippen LogP contribution in [0, 0.1) is 13.8 Å². The number of halogens is 1. The van der Waals surface area contributed by atoms with Gasteiger partial charge in [0.05, 0.1) is 17.0 Å². The minimum Gasteiger partial charge on any atom is -0.392 e. The zero-order chi connectivity index (χ0) is 18.2. The molecule has 1 amide bonds. The molecule has 26 heavy (non-hydrogen) atoms. The molecule has 2 fully saturated rings. The summed E-state index contributed by atoms with van der Waals surface area (Å²) in [7, 11) is -3.55. The second-order valence-corrected chi connectivity index (χ2v) is 8.76. The van der Waals surface area contributed by atoms with Crippen LogP contribution in [0.25, 0.3) is 0 Å². The van der Waals surface area contributed by atoms with Crippen molar-refractivity contribution in [1.29, 1.82) is 0 Å².